The number of hydrogen-bond donors (Lipinski definition) is 2. The lowest BCUT2D eigenvalue weighted by atomic mass is 9.88. The van der Waals surface area contributed by atoms with E-state index in [0.29, 0.717) is 16.6 Å². The van der Waals surface area contributed by atoms with Gasteiger partial charge < -0.3 is 15.4 Å². The molecule has 6 nitrogen and oxygen atoms in total. The van der Waals surface area contributed by atoms with Crippen molar-refractivity contribution >= 4 is 39.6 Å². The number of rotatable bonds is 6. The number of nitrogens with zero attached hydrogens (tertiary/aromatic N) is 2. The van der Waals surface area contributed by atoms with Crippen molar-refractivity contribution < 1.29 is 9.53 Å². The van der Waals surface area contributed by atoms with Crippen molar-refractivity contribution in [2.75, 3.05) is 19.0 Å². The topological polar surface area (TPSA) is 68.2 Å². The number of fused-ring (bicyclic) bond motifs is 1. The minimum atomic E-state index is -0.291. The first-order valence-electron chi connectivity index (χ1n) is 8.83. The van der Waals surface area contributed by atoms with E-state index in [4.69, 9.17) is 17.0 Å². The van der Waals surface area contributed by atoms with E-state index in [2.05, 4.69) is 22.7 Å². The van der Waals surface area contributed by atoms with E-state index < -0.39 is 0 Å². The molecule has 0 saturated heterocycles. The summed E-state index contributed by atoms with van der Waals surface area (Å²) in [5, 5.41) is 11.9. The number of anilines is 1. The molecule has 140 valence electrons. The second kappa shape index (κ2) is 8.64. The normalized spacial score (nSPS) is 16.0. The number of carbonyl (C=O) groups excluding carboxylic acids is 1. The number of aryl methyl sites for hydroxylation is 1. The highest BCUT2D eigenvalue weighted by molar-refractivity contribution is 7.80. The number of methoxy groups -OCH3 is 1. The molecule has 2 aromatic heterocycles. The van der Waals surface area contributed by atoms with Crippen molar-refractivity contribution in [1.29, 1.82) is 0 Å². The van der Waals surface area contributed by atoms with Crippen molar-refractivity contribution in [3.63, 3.8) is 0 Å². The summed E-state index contributed by atoms with van der Waals surface area (Å²) in [6.45, 7) is 3.82. The minimum absolute atomic E-state index is 0.291. The fourth-order valence-electron chi connectivity index (χ4n) is 3.18. The Hall–Kier alpha value is -1.93. The van der Waals surface area contributed by atoms with Crippen LogP contribution in [0.15, 0.2) is 18.5 Å². The number of aromatic nitrogens is 2. The van der Waals surface area contributed by atoms with Crippen LogP contribution in [0.3, 0.4) is 0 Å². The third-order valence-corrected chi connectivity index (χ3v) is 5.95. The second-order valence-corrected chi connectivity index (χ2v) is 8.06. The molecule has 0 radical (unpaired) electrons. The van der Waals surface area contributed by atoms with E-state index in [1.165, 1.54) is 12.0 Å². The van der Waals surface area contributed by atoms with Crippen LogP contribution in [0.2, 0.25) is 0 Å². The Bertz CT molecular complexity index is 771. The average Bonchev–Trinajstić information content (AvgIpc) is 3.25. The summed E-state index contributed by atoms with van der Waals surface area (Å²) < 4.78 is 6.89. The first kappa shape index (κ1) is 18.8. The number of thiophene rings is 1. The van der Waals surface area contributed by atoms with Crippen molar-refractivity contribution in [3.8, 4) is 0 Å². The minimum Gasteiger partial charge on any atom is -0.465 e. The summed E-state index contributed by atoms with van der Waals surface area (Å²) in [5.74, 6) is 0.355. The summed E-state index contributed by atoms with van der Waals surface area (Å²) in [6.07, 6.45) is 7.65. The molecule has 0 amide bonds. The Labute approximate surface area is 162 Å². The highest BCUT2D eigenvalue weighted by Gasteiger charge is 2.28. The van der Waals surface area contributed by atoms with Crippen LogP contribution < -0.4 is 10.6 Å². The van der Waals surface area contributed by atoms with Gasteiger partial charge in [0.2, 0.25) is 0 Å². The lowest BCUT2D eigenvalue weighted by molar-refractivity contribution is 0.0601. The number of thiocarbonyl (C=S) groups is 1. The van der Waals surface area contributed by atoms with Gasteiger partial charge in [0.15, 0.2) is 5.11 Å². The van der Waals surface area contributed by atoms with Crippen LogP contribution in [0.4, 0.5) is 5.00 Å². The Morgan fingerprint density at radius 2 is 2.38 bits per heavy atom. The van der Waals surface area contributed by atoms with Crippen LogP contribution in [0.1, 0.15) is 40.6 Å². The zero-order valence-electron chi connectivity index (χ0n) is 15.1. The molecule has 1 aliphatic carbocycles. The van der Waals surface area contributed by atoms with Gasteiger partial charge in [-0.1, -0.05) is 6.92 Å². The molecule has 1 unspecified atom stereocenters. The molecular weight excluding hydrogens is 368 g/mol. The highest BCUT2D eigenvalue weighted by Crippen LogP contribution is 2.39. The molecule has 0 aliphatic heterocycles. The summed E-state index contributed by atoms with van der Waals surface area (Å²) in [7, 11) is 1.42. The fraction of sp³-hybridized carbons (Fsp3) is 0.500. The molecule has 1 atom stereocenters. The number of ether oxygens (including phenoxy) is 1. The highest BCUT2D eigenvalue weighted by atomic mass is 32.1. The predicted octanol–water partition coefficient (Wildman–Crippen LogP) is 3.23. The standard InChI is InChI=1S/C18H24N4O2S2/c1-12-5-6-13-14(11-12)26-16(15(13)17(23)24-2)21-18(25)19-7-3-9-22-10-4-8-20-22/h4,8,10,12H,3,5-7,9,11H2,1-2H3,(H2,19,21,25). The molecule has 0 saturated carbocycles. The van der Waals surface area contributed by atoms with Gasteiger partial charge in [-0.3, -0.25) is 4.68 Å². The van der Waals surface area contributed by atoms with Gasteiger partial charge in [0.25, 0.3) is 0 Å². The van der Waals surface area contributed by atoms with Crippen LogP contribution in [-0.2, 0) is 24.1 Å². The van der Waals surface area contributed by atoms with Crippen molar-refractivity contribution in [3.05, 3.63) is 34.5 Å². The summed E-state index contributed by atoms with van der Waals surface area (Å²) >= 11 is 7.03. The molecule has 8 heteroatoms. The quantitative estimate of drug-likeness (QED) is 0.447. The van der Waals surface area contributed by atoms with E-state index in [1.807, 2.05) is 16.9 Å². The van der Waals surface area contributed by atoms with Crippen LogP contribution in [-0.4, -0.2) is 34.5 Å². The number of hydrogen-bond acceptors (Lipinski definition) is 5. The molecule has 0 bridgehead atoms. The number of esters is 1. The SMILES string of the molecule is COC(=O)c1c(NC(=S)NCCCn2cccn2)sc2c1CCC(C)C2. The van der Waals surface area contributed by atoms with E-state index >= 15 is 0 Å². The maximum atomic E-state index is 12.3. The fourth-order valence-corrected chi connectivity index (χ4v) is 4.85. The van der Waals surface area contributed by atoms with E-state index in [0.717, 1.165) is 49.3 Å². The second-order valence-electron chi connectivity index (χ2n) is 6.55. The third-order valence-electron chi connectivity index (χ3n) is 4.54. The molecule has 2 heterocycles. The van der Waals surface area contributed by atoms with Gasteiger partial charge in [0, 0.05) is 30.4 Å². The molecule has 26 heavy (non-hydrogen) atoms. The lowest BCUT2D eigenvalue weighted by Gasteiger charge is -2.18. The number of carbonyl (C=O) groups is 1. The summed E-state index contributed by atoms with van der Waals surface area (Å²) in [4.78, 5) is 13.6. The number of nitrogens with one attached hydrogen (secondary N) is 2. The molecular formula is C18H24N4O2S2. The van der Waals surface area contributed by atoms with E-state index in [1.54, 1.807) is 17.5 Å². The van der Waals surface area contributed by atoms with Gasteiger partial charge in [-0.05, 0) is 55.4 Å². The predicted molar refractivity (Wildman–Crippen MR) is 108 cm³/mol. The van der Waals surface area contributed by atoms with Gasteiger partial charge >= 0.3 is 5.97 Å². The van der Waals surface area contributed by atoms with Gasteiger partial charge in [0.1, 0.15) is 5.00 Å². The van der Waals surface area contributed by atoms with Crippen molar-refractivity contribution in [2.24, 2.45) is 5.92 Å². The Morgan fingerprint density at radius 1 is 1.54 bits per heavy atom. The first-order chi connectivity index (χ1) is 12.6. The zero-order valence-corrected chi connectivity index (χ0v) is 16.7. The monoisotopic (exact) mass is 392 g/mol. The van der Waals surface area contributed by atoms with Gasteiger partial charge in [0.05, 0.1) is 12.7 Å². The zero-order chi connectivity index (χ0) is 18.5. The smallest absolute Gasteiger partial charge is 0.341 e. The lowest BCUT2D eigenvalue weighted by Crippen LogP contribution is -2.30. The first-order valence-corrected chi connectivity index (χ1v) is 10.1. The van der Waals surface area contributed by atoms with Crippen LogP contribution >= 0.6 is 23.6 Å². The third kappa shape index (κ3) is 4.42. The molecule has 2 aromatic rings. The molecule has 2 N–H and O–H groups in total. The van der Waals surface area contributed by atoms with Crippen molar-refractivity contribution in [1.82, 2.24) is 15.1 Å². The van der Waals surface area contributed by atoms with Gasteiger partial charge in [-0.15, -0.1) is 11.3 Å². The van der Waals surface area contributed by atoms with E-state index in [9.17, 15) is 4.79 Å². The van der Waals surface area contributed by atoms with Crippen LogP contribution in [0, 0.1) is 5.92 Å². The van der Waals surface area contributed by atoms with Crippen LogP contribution in [0.25, 0.3) is 0 Å². The molecule has 0 aromatic carbocycles. The Kier molecular flexibility index (Phi) is 6.26. The summed E-state index contributed by atoms with van der Waals surface area (Å²) in [6, 6.07) is 1.91. The molecule has 0 spiro atoms. The Morgan fingerprint density at radius 3 is 3.12 bits per heavy atom. The molecule has 3 rings (SSSR count). The molecule has 0 fully saturated rings. The van der Waals surface area contributed by atoms with E-state index in [-0.39, 0.29) is 5.97 Å². The maximum Gasteiger partial charge on any atom is 0.341 e. The largest absolute Gasteiger partial charge is 0.465 e. The van der Waals surface area contributed by atoms with Crippen LogP contribution in [0.5, 0.6) is 0 Å². The maximum absolute atomic E-state index is 12.3. The van der Waals surface area contributed by atoms with Gasteiger partial charge in [-0.25, -0.2) is 4.79 Å². The average molecular weight is 393 g/mol. The van der Waals surface area contributed by atoms with Crippen molar-refractivity contribution in [2.45, 2.75) is 39.2 Å². The Balaban J connectivity index is 1.61. The summed E-state index contributed by atoms with van der Waals surface area (Å²) in [5.41, 5.74) is 1.78. The van der Waals surface area contributed by atoms with Gasteiger partial charge in [-0.2, -0.15) is 5.10 Å². The molecule has 1 aliphatic rings.